The van der Waals surface area contributed by atoms with Crippen LogP contribution in [0.1, 0.15) is 6.92 Å². The first-order valence-corrected chi connectivity index (χ1v) is 8.72. The Labute approximate surface area is 164 Å². The third-order valence-electron chi connectivity index (χ3n) is 3.96. The summed E-state index contributed by atoms with van der Waals surface area (Å²) in [5.41, 5.74) is 0.739. The van der Waals surface area contributed by atoms with E-state index < -0.39 is 0 Å². The lowest BCUT2D eigenvalue weighted by Gasteiger charge is -2.16. The number of hydrogen-bond donors (Lipinski definition) is 0. The Morgan fingerprint density at radius 2 is 1.69 bits per heavy atom. The Balaban J connectivity index is 2.45. The number of rotatable bonds is 4. The van der Waals surface area contributed by atoms with Gasteiger partial charge in [0.2, 0.25) is 5.28 Å². The van der Waals surface area contributed by atoms with E-state index in [1.165, 1.54) is 18.8 Å². The van der Waals surface area contributed by atoms with Crippen LogP contribution >= 0.6 is 34.8 Å². The van der Waals surface area contributed by atoms with Crippen molar-refractivity contribution in [1.29, 1.82) is 0 Å². The van der Waals surface area contributed by atoms with Gasteiger partial charge in [0.15, 0.2) is 0 Å². The van der Waals surface area contributed by atoms with Gasteiger partial charge in [0, 0.05) is 29.8 Å². The molecular weight excluding hydrogens is 401 g/mol. The molecular formula is C17H14Cl3N3O3. The third-order valence-corrected chi connectivity index (χ3v) is 4.89. The predicted octanol–water partition coefficient (Wildman–Crippen LogP) is 4.46. The molecule has 0 N–H and O–H groups in total. The van der Waals surface area contributed by atoms with Gasteiger partial charge in [-0.3, -0.25) is 9.36 Å². The fourth-order valence-electron chi connectivity index (χ4n) is 2.73. The Kier molecular flexibility index (Phi) is 5.27. The van der Waals surface area contributed by atoms with Crippen molar-refractivity contribution in [2.24, 2.45) is 0 Å². The van der Waals surface area contributed by atoms with Crippen LogP contribution in [-0.4, -0.2) is 28.8 Å². The maximum Gasteiger partial charge on any atom is 0.260 e. The van der Waals surface area contributed by atoms with Crippen molar-refractivity contribution in [3.63, 3.8) is 0 Å². The molecule has 136 valence electrons. The number of benzene rings is 1. The summed E-state index contributed by atoms with van der Waals surface area (Å²) in [5.74, 6) is 0.690. The highest BCUT2D eigenvalue weighted by Crippen LogP contribution is 2.45. The number of ether oxygens (including phenoxy) is 2. The first kappa shape index (κ1) is 18.8. The van der Waals surface area contributed by atoms with Crippen LogP contribution in [-0.2, 0) is 6.54 Å². The summed E-state index contributed by atoms with van der Waals surface area (Å²) in [6.07, 6.45) is 1.54. The minimum atomic E-state index is -0.311. The molecule has 0 aliphatic heterocycles. The Bertz CT molecular complexity index is 1040. The summed E-state index contributed by atoms with van der Waals surface area (Å²) in [6.45, 7) is 2.21. The molecule has 0 fully saturated rings. The van der Waals surface area contributed by atoms with Gasteiger partial charge in [-0.05, 0) is 24.6 Å². The first-order valence-electron chi connectivity index (χ1n) is 7.59. The molecule has 3 rings (SSSR count). The number of aromatic nitrogens is 3. The molecule has 2 heterocycles. The summed E-state index contributed by atoms with van der Waals surface area (Å²) in [5, 5.41) is 1.12. The molecule has 0 atom stereocenters. The second-order valence-electron chi connectivity index (χ2n) is 5.31. The summed E-state index contributed by atoms with van der Waals surface area (Å²) in [7, 11) is 2.94. The van der Waals surface area contributed by atoms with Gasteiger partial charge in [-0.2, -0.15) is 4.98 Å². The van der Waals surface area contributed by atoms with E-state index in [4.69, 9.17) is 44.3 Å². The highest BCUT2D eigenvalue weighted by atomic mass is 35.5. The molecule has 9 heteroatoms. The average molecular weight is 415 g/mol. The van der Waals surface area contributed by atoms with Crippen LogP contribution in [0.25, 0.3) is 22.2 Å². The summed E-state index contributed by atoms with van der Waals surface area (Å²) >= 11 is 18.8. The van der Waals surface area contributed by atoms with Crippen molar-refractivity contribution in [3.05, 3.63) is 44.0 Å². The van der Waals surface area contributed by atoms with E-state index in [0.717, 1.165) is 0 Å². The molecule has 1 aromatic carbocycles. The van der Waals surface area contributed by atoms with Gasteiger partial charge < -0.3 is 9.47 Å². The minimum absolute atomic E-state index is 0.0611. The van der Waals surface area contributed by atoms with Gasteiger partial charge in [-0.15, -0.1) is 0 Å². The Hall–Kier alpha value is -2.02. The highest BCUT2D eigenvalue weighted by Gasteiger charge is 2.22. The van der Waals surface area contributed by atoms with Crippen molar-refractivity contribution >= 4 is 45.8 Å². The normalized spacial score (nSPS) is 11.0. The standard InChI is InChI=1S/C17H14Cl3N3O3/c1-4-23-15-8(7-21-17(20)22-15)5-9(16(23)24)12-13(18)10(25-2)6-11(26-3)14(12)19/h5-7H,4H2,1-3H3. The molecule has 2 aromatic heterocycles. The maximum absolute atomic E-state index is 13.1. The molecule has 0 unspecified atom stereocenters. The smallest absolute Gasteiger partial charge is 0.260 e. The number of pyridine rings is 1. The van der Waals surface area contributed by atoms with E-state index in [9.17, 15) is 4.79 Å². The lowest BCUT2D eigenvalue weighted by Crippen LogP contribution is -2.22. The van der Waals surface area contributed by atoms with Crippen LogP contribution in [0.4, 0.5) is 0 Å². The molecule has 0 saturated heterocycles. The first-order chi connectivity index (χ1) is 12.4. The predicted molar refractivity (Wildman–Crippen MR) is 103 cm³/mol. The van der Waals surface area contributed by atoms with E-state index in [-0.39, 0.29) is 26.5 Å². The number of nitrogens with zero attached hydrogens (tertiary/aromatic N) is 3. The second-order valence-corrected chi connectivity index (χ2v) is 6.40. The summed E-state index contributed by atoms with van der Waals surface area (Å²) in [6, 6.07) is 3.20. The zero-order valence-corrected chi connectivity index (χ0v) is 16.4. The van der Waals surface area contributed by atoms with Crippen LogP contribution in [0.3, 0.4) is 0 Å². The molecule has 6 nitrogen and oxygen atoms in total. The van der Waals surface area contributed by atoms with E-state index in [0.29, 0.717) is 34.6 Å². The van der Waals surface area contributed by atoms with Crippen LogP contribution in [0.5, 0.6) is 11.5 Å². The van der Waals surface area contributed by atoms with Gasteiger partial charge in [0.1, 0.15) is 17.1 Å². The van der Waals surface area contributed by atoms with Gasteiger partial charge in [-0.1, -0.05) is 23.2 Å². The monoisotopic (exact) mass is 413 g/mol. The van der Waals surface area contributed by atoms with Gasteiger partial charge in [0.25, 0.3) is 5.56 Å². The fraction of sp³-hybridized carbons (Fsp3) is 0.235. The number of halogens is 3. The number of aryl methyl sites for hydroxylation is 1. The Morgan fingerprint density at radius 1 is 1.08 bits per heavy atom. The molecule has 3 aromatic rings. The molecule has 0 saturated carbocycles. The summed E-state index contributed by atoms with van der Waals surface area (Å²) < 4.78 is 12.0. The number of fused-ring (bicyclic) bond motifs is 1. The molecule has 0 amide bonds. The van der Waals surface area contributed by atoms with Crippen molar-refractivity contribution in [2.75, 3.05) is 14.2 Å². The lowest BCUT2D eigenvalue weighted by molar-refractivity contribution is 0.395. The third kappa shape index (κ3) is 2.98. The summed E-state index contributed by atoms with van der Waals surface area (Å²) in [4.78, 5) is 21.2. The maximum atomic E-state index is 13.1. The van der Waals surface area contributed by atoms with Crippen LogP contribution in [0.15, 0.2) is 23.1 Å². The van der Waals surface area contributed by atoms with Crippen molar-refractivity contribution in [3.8, 4) is 22.6 Å². The molecule has 0 aliphatic rings. The van der Waals surface area contributed by atoms with Crippen molar-refractivity contribution in [2.45, 2.75) is 13.5 Å². The van der Waals surface area contributed by atoms with Crippen LogP contribution < -0.4 is 15.0 Å². The molecule has 26 heavy (non-hydrogen) atoms. The zero-order valence-electron chi connectivity index (χ0n) is 14.1. The fourth-order valence-corrected chi connectivity index (χ4v) is 3.57. The largest absolute Gasteiger partial charge is 0.495 e. The van der Waals surface area contributed by atoms with Gasteiger partial charge in [0.05, 0.1) is 29.8 Å². The van der Waals surface area contributed by atoms with Crippen LogP contribution in [0.2, 0.25) is 15.3 Å². The molecule has 0 aliphatic carbocycles. The van der Waals surface area contributed by atoms with E-state index in [1.54, 1.807) is 18.3 Å². The van der Waals surface area contributed by atoms with Gasteiger partial charge >= 0.3 is 0 Å². The lowest BCUT2D eigenvalue weighted by atomic mass is 10.0. The quantitative estimate of drug-likeness (QED) is 0.590. The van der Waals surface area contributed by atoms with Crippen molar-refractivity contribution < 1.29 is 9.47 Å². The highest BCUT2D eigenvalue weighted by molar-refractivity contribution is 6.41. The molecule has 0 spiro atoms. The van der Waals surface area contributed by atoms with E-state index in [1.807, 2.05) is 6.92 Å². The van der Waals surface area contributed by atoms with Gasteiger partial charge in [-0.25, -0.2) is 4.98 Å². The minimum Gasteiger partial charge on any atom is -0.495 e. The SMILES string of the molecule is CCn1c(=O)c(-c2c(Cl)c(OC)cc(OC)c2Cl)cc2cnc(Cl)nc21. The zero-order chi connectivity index (χ0) is 19.0. The molecule has 0 radical (unpaired) electrons. The van der Waals surface area contributed by atoms with E-state index in [2.05, 4.69) is 9.97 Å². The Morgan fingerprint density at radius 3 is 2.23 bits per heavy atom. The average Bonchev–Trinajstić information content (AvgIpc) is 2.63. The van der Waals surface area contributed by atoms with Crippen molar-refractivity contribution in [1.82, 2.24) is 14.5 Å². The van der Waals surface area contributed by atoms with Crippen LogP contribution in [0, 0.1) is 0 Å². The van der Waals surface area contributed by atoms with E-state index >= 15 is 0 Å². The molecule has 0 bridgehead atoms. The number of methoxy groups -OCH3 is 2. The topological polar surface area (TPSA) is 66.2 Å². The second kappa shape index (κ2) is 7.31. The number of hydrogen-bond acceptors (Lipinski definition) is 5.